The summed E-state index contributed by atoms with van der Waals surface area (Å²) in [5.41, 5.74) is 7.95. The Balaban J connectivity index is 2.80. The number of ether oxygens (including phenoxy) is 1. The first-order valence-electron chi connectivity index (χ1n) is 5.16. The minimum absolute atomic E-state index is 0.0812. The number of carboxylic acid groups (broad SMARTS) is 1. The quantitative estimate of drug-likeness (QED) is 0.799. The second-order valence-corrected chi connectivity index (χ2v) is 3.76. The van der Waals surface area contributed by atoms with Crippen molar-refractivity contribution in [2.45, 2.75) is 25.8 Å². The fraction of sp³-hybridized carbons (Fsp3) is 0.417. The van der Waals surface area contributed by atoms with Crippen molar-refractivity contribution in [3.05, 3.63) is 29.3 Å². The Hall–Kier alpha value is -1.55. The minimum Gasteiger partial charge on any atom is -0.497 e. The lowest BCUT2D eigenvalue weighted by molar-refractivity contribution is -0.137. The fourth-order valence-electron chi connectivity index (χ4n) is 1.58. The SMILES string of the molecule is COc1ccc(C)c(C(N)CCC(=O)O)c1. The van der Waals surface area contributed by atoms with Crippen molar-refractivity contribution < 1.29 is 14.6 Å². The maximum absolute atomic E-state index is 10.5. The monoisotopic (exact) mass is 223 g/mol. The van der Waals surface area contributed by atoms with Gasteiger partial charge in [0.1, 0.15) is 5.75 Å². The third kappa shape index (κ3) is 3.24. The Morgan fingerprint density at radius 2 is 2.25 bits per heavy atom. The summed E-state index contributed by atoms with van der Waals surface area (Å²) < 4.78 is 5.11. The van der Waals surface area contributed by atoms with Gasteiger partial charge in [-0.15, -0.1) is 0 Å². The van der Waals surface area contributed by atoms with Gasteiger partial charge in [0.2, 0.25) is 0 Å². The van der Waals surface area contributed by atoms with E-state index in [-0.39, 0.29) is 12.5 Å². The molecule has 0 saturated heterocycles. The van der Waals surface area contributed by atoms with E-state index in [0.29, 0.717) is 6.42 Å². The predicted molar refractivity (Wildman–Crippen MR) is 61.5 cm³/mol. The molecule has 1 rings (SSSR count). The first-order valence-corrected chi connectivity index (χ1v) is 5.16. The molecule has 0 fully saturated rings. The molecule has 4 heteroatoms. The molecule has 0 aliphatic heterocycles. The van der Waals surface area contributed by atoms with Gasteiger partial charge in [0.05, 0.1) is 7.11 Å². The van der Waals surface area contributed by atoms with Crippen LogP contribution in [0, 0.1) is 6.92 Å². The Kier molecular flexibility index (Phi) is 4.31. The van der Waals surface area contributed by atoms with Crippen LogP contribution in [0.25, 0.3) is 0 Å². The van der Waals surface area contributed by atoms with Gasteiger partial charge in [-0.1, -0.05) is 6.07 Å². The van der Waals surface area contributed by atoms with Gasteiger partial charge in [0.25, 0.3) is 0 Å². The normalized spacial score (nSPS) is 12.2. The second kappa shape index (κ2) is 5.51. The minimum atomic E-state index is -0.823. The molecule has 0 spiro atoms. The highest BCUT2D eigenvalue weighted by molar-refractivity contribution is 5.66. The van der Waals surface area contributed by atoms with Crippen LogP contribution in [0.5, 0.6) is 5.75 Å². The Bertz CT molecular complexity index is 377. The number of aliphatic carboxylic acids is 1. The molecule has 0 saturated carbocycles. The van der Waals surface area contributed by atoms with Crippen molar-refractivity contribution >= 4 is 5.97 Å². The highest BCUT2D eigenvalue weighted by atomic mass is 16.5. The summed E-state index contributed by atoms with van der Waals surface area (Å²) in [7, 11) is 1.59. The number of benzene rings is 1. The van der Waals surface area contributed by atoms with Gasteiger partial charge in [-0.3, -0.25) is 4.79 Å². The molecule has 1 atom stereocenters. The van der Waals surface area contributed by atoms with Gasteiger partial charge in [-0.05, 0) is 36.6 Å². The average Bonchev–Trinajstić information content (AvgIpc) is 2.26. The molecule has 4 nitrogen and oxygen atoms in total. The number of hydrogen-bond donors (Lipinski definition) is 2. The largest absolute Gasteiger partial charge is 0.497 e. The van der Waals surface area contributed by atoms with Crippen LogP contribution < -0.4 is 10.5 Å². The third-order valence-corrected chi connectivity index (χ3v) is 2.56. The van der Waals surface area contributed by atoms with Crippen molar-refractivity contribution in [2.24, 2.45) is 5.73 Å². The summed E-state index contributed by atoms with van der Waals surface area (Å²) in [5.74, 6) is -0.0811. The Morgan fingerprint density at radius 1 is 1.56 bits per heavy atom. The molecule has 0 radical (unpaired) electrons. The van der Waals surface area contributed by atoms with Gasteiger partial charge in [-0.2, -0.15) is 0 Å². The fourth-order valence-corrected chi connectivity index (χ4v) is 1.58. The number of carboxylic acids is 1. The summed E-state index contributed by atoms with van der Waals surface area (Å²) in [5, 5.41) is 8.60. The molecule has 1 aromatic carbocycles. The summed E-state index contributed by atoms with van der Waals surface area (Å²) in [6, 6.07) is 5.39. The predicted octanol–water partition coefficient (Wildman–Crippen LogP) is 1.87. The van der Waals surface area contributed by atoms with Crippen LogP contribution in [0.15, 0.2) is 18.2 Å². The van der Waals surface area contributed by atoms with E-state index >= 15 is 0 Å². The molecule has 1 aromatic rings. The summed E-state index contributed by atoms with van der Waals surface area (Å²) in [4.78, 5) is 10.5. The molecule has 0 aromatic heterocycles. The van der Waals surface area contributed by atoms with Gasteiger partial charge in [0, 0.05) is 12.5 Å². The first kappa shape index (κ1) is 12.5. The molecule has 0 bridgehead atoms. The van der Waals surface area contributed by atoms with E-state index in [2.05, 4.69) is 0 Å². The molecule has 0 aliphatic rings. The lowest BCUT2D eigenvalue weighted by atomic mass is 9.98. The molecule has 0 aliphatic carbocycles. The van der Waals surface area contributed by atoms with Crippen molar-refractivity contribution in [1.82, 2.24) is 0 Å². The molecule has 0 heterocycles. The molecule has 3 N–H and O–H groups in total. The van der Waals surface area contributed by atoms with Gasteiger partial charge < -0.3 is 15.6 Å². The number of aryl methyl sites for hydroxylation is 1. The van der Waals surface area contributed by atoms with Crippen LogP contribution in [-0.4, -0.2) is 18.2 Å². The zero-order chi connectivity index (χ0) is 12.1. The standard InChI is InChI=1S/C12H17NO3/c1-8-3-4-9(16-2)7-10(8)11(13)5-6-12(14)15/h3-4,7,11H,5-6,13H2,1-2H3,(H,14,15). The lowest BCUT2D eigenvalue weighted by Gasteiger charge is -2.14. The third-order valence-electron chi connectivity index (χ3n) is 2.56. The highest BCUT2D eigenvalue weighted by Gasteiger charge is 2.11. The highest BCUT2D eigenvalue weighted by Crippen LogP contribution is 2.24. The zero-order valence-corrected chi connectivity index (χ0v) is 9.56. The molecule has 88 valence electrons. The Labute approximate surface area is 95.0 Å². The van der Waals surface area contributed by atoms with Crippen LogP contribution in [0.1, 0.15) is 30.0 Å². The van der Waals surface area contributed by atoms with Crippen molar-refractivity contribution in [3.63, 3.8) is 0 Å². The summed E-state index contributed by atoms with van der Waals surface area (Å²) in [6.45, 7) is 1.95. The zero-order valence-electron chi connectivity index (χ0n) is 9.56. The van der Waals surface area contributed by atoms with Crippen LogP contribution in [-0.2, 0) is 4.79 Å². The number of methoxy groups -OCH3 is 1. The number of carbonyl (C=O) groups is 1. The van der Waals surface area contributed by atoms with Crippen LogP contribution >= 0.6 is 0 Å². The number of rotatable bonds is 5. The van der Waals surface area contributed by atoms with Gasteiger partial charge in [-0.25, -0.2) is 0 Å². The maximum atomic E-state index is 10.5. The second-order valence-electron chi connectivity index (χ2n) is 3.76. The van der Waals surface area contributed by atoms with E-state index in [1.54, 1.807) is 7.11 Å². The van der Waals surface area contributed by atoms with Crippen molar-refractivity contribution in [1.29, 1.82) is 0 Å². The topological polar surface area (TPSA) is 72.5 Å². The van der Waals surface area contributed by atoms with Crippen molar-refractivity contribution in [2.75, 3.05) is 7.11 Å². The molecule has 0 amide bonds. The number of nitrogens with two attached hydrogens (primary N) is 1. The molecule has 16 heavy (non-hydrogen) atoms. The molecule has 1 unspecified atom stereocenters. The summed E-state index contributed by atoms with van der Waals surface area (Å²) >= 11 is 0. The van der Waals surface area contributed by atoms with E-state index in [9.17, 15) is 4.79 Å². The lowest BCUT2D eigenvalue weighted by Crippen LogP contribution is -2.13. The molecular formula is C12H17NO3. The first-order chi connectivity index (χ1) is 7.54. The van der Waals surface area contributed by atoms with E-state index in [1.165, 1.54) is 0 Å². The van der Waals surface area contributed by atoms with Gasteiger partial charge >= 0.3 is 5.97 Å². The maximum Gasteiger partial charge on any atom is 0.303 e. The van der Waals surface area contributed by atoms with E-state index in [1.807, 2.05) is 25.1 Å². The van der Waals surface area contributed by atoms with Crippen LogP contribution in [0.3, 0.4) is 0 Å². The van der Waals surface area contributed by atoms with Crippen LogP contribution in [0.2, 0.25) is 0 Å². The summed E-state index contributed by atoms with van der Waals surface area (Å²) in [6.07, 6.45) is 0.515. The molecular weight excluding hydrogens is 206 g/mol. The van der Waals surface area contributed by atoms with E-state index < -0.39 is 5.97 Å². The van der Waals surface area contributed by atoms with Crippen molar-refractivity contribution in [3.8, 4) is 5.75 Å². The van der Waals surface area contributed by atoms with E-state index in [0.717, 1.165) is 16.9 Å². The van der Waals surface area contributed by atoms with E-state index in [4.69, 9.17) is 15.6 Å². The smallest absolute Gasteiger partial charge is 0.303 e. The average molecular weight is 223 g/mol. The van der Waals surface area contributed by atoms with Crippen LogP contribution in [0.4, 0.5) is 0 Å². The number of hydrogen-bond acceptors (Lipinski definition) is 3. The van der Waals surface area contributed by atoms with Gasteiger partial charge in [0.15, 0.2) is 0 Å². The Morgan fingerprint density at radius 3 is 2.81 bits per heavy atom.